The van der Waals surface area contributed by atoms with E-state index in [0.29, 0.717) is 11.2 Å². The molecule has 23 heavy (non-hydrogen) atoms. The second-order valence-corrected chi connectivity index (χ2v) is 9.06. The van der Waals surface area contributed by atoms with Gasteiger partial charge in [0.05, 0.1) is 6.33 Å². The first kappa shape index (κ1) is 17.5. The Kier molecular flexibility index (Phi) is 3.67. The zero-order valence-electron chi connectivity index (χ0n) is 15.7. The van der Waals surface area contributed by atoms with Crippen LogP contribution in [0.25, 0.3) is 11.2 Å². The molecule has 0 radical (unpaired) electrons. The van der Waals surface area contributed by atoms with Gasteiger partial charge in [-0.2, -0.15) is 0 Å². The van der Waals surface area contributed by atoms with Crippen molar-refractivity contribution in [2.75, 3.05) is 0 Å². The summed E-state index contributed by atoms with van der Waals surface area (Å²) in [5.74, 6) is 0. The number of hydrogen-bond donors (Lipinski definition) is 0. The Hall–Kier alpha value is -1.85. The van der Waals surface area contributed by atoms with Crippen molar-refractivity contribution in [3.8, 4) is 0 Å². The maximum absolute atomic E-state index is 13.1. The van der Waals surface area contributed by atoms with Crippen LogP contribution in [0.15, 0.2) is 15.9 Å². The lowest BCUT2D eigenvalue weighted by Gasteiger charge is -2.29. The molecule has 2 aromatic heterocycles. The first-order chi connectivity index (χ1) is 10.2. The maximum atomic E-state index is 13.1. The third-order valence-corrected chi connectivity index (χ3v) is 3.81. The summed E-state index contributed by atoms with van der Waals surface area (Å²) < 4.78 is 4.82. The van der Waals surface area contributed by atoms with Gasteiger partial charge in [-0.25, -0.2) is 9.78 Å². The molecule has 0 amide bonds. The highest BCUT2D eigenvalue weighted by Crippen LogP contribution is 2.23. The van der Waals surface area contributed by atoms with E-state index in [1.165, 1.54) is 4.57 Å². The molecule has 0 atom stereocenters. The molecular weight excluding hydrogens is 292 g/mol. The van der Waals surface area contributed by atoms with Crippen molar-refractivity contribution < 1.29 is 0 Å². The Balaban J connectivity index is 3.18. The van der Waals surface area contributed by atoms with Gasteiger partial charge in [0.15, 0.2) is 11.2 Å². The maximum Gasteiger partial charge on any atom is 0.333 e. The average molecular weight is 320 g/mol. The molecule has 0 aliphatic carbocycles. The van der Waals surface area contributed by atoms with Gasteiger partial charge in [-0.1, -0.05) is 0 Å². The van der Waals surface area contributed by atoms with Gasteiger partial charge >= 0.3 is 5.69 Å². The van der Waals surface area contributed by atoms with E-state index in [1.807, 2.05) is 66.9 Å². The molecule has 0 aromatic carbocycles. The van der Waals surface area contributed by atoms with E-state index < -0.39 is 11.1 Å². The van der Waals surface area contributed by atoms with Crippen molar-refractivity contribution in [1.82, 2.24) is 18.7 Å². The van der Waals surface area contributed by atoms with Gasteiger partial charge in [0.2, 0.25) is 0 Å². The zero-order valence-corrected chi connectivity index (χ0v) is 15.7. The summed E-state index contributed by atoms with van der Waals surface area (Å²) in [5.41, 5.74) is -1.07. The zero-order chi connectivity index (χ0) is 18.0. The molecule has 0 saturated heterocycles. The van der Waals surface area contributed by atoms with Crippen molar-refractivity contribution in [3.63, 3.8) is 0 Å². The number of rotatable bonds is 0. The first-order valence-electron chi connectivity index (χ1n) is 7.94. The molecule has 2 heterocycles. The van der Waals surface area contributed by atoms with E-state index in [0.717, 1.165) is 0 Å². The molecular formula is C17H28N4O2. The average Bonchev–Trinajstić information content (AvgIpc) is 2.68. The normalized spacial score (nSPS) is 13.8. The van der Waals surface area contributed by atoms with Gasteiger partial charge in [-0.3, -0.25) is 13.9 Å². The standard InChI is InChI=1S/C17H28N4O2/c1-15(2,3)19-10-18-12-11(19)13(22)21(17(7,8)9)14(23)20(12)16(4,5)6/h10H,1-9H3. The number of imidazole rings is 1. The molecule has 6 nitrogen and oxygen atoms in total. The number of hydrogen-bond acceptors (Lipinski definition) is 3. The molecule has 0 aliphatic rings. The van der Waals surface area contributed by atoms with E-state index in [2.05, 4.69) is 4.98 Å². The van der Waals surface area contributed by atoms with Crippen LogP contribution in [0, 0.1) is 0 Å². The van der Waals surface area contributed by atoms with E-state index in [-0.39, 0.29) is 16.8 Å². The topological polar surface area (TPSA) is 61.8 Å². The molecule has 0 aliphatic heterocycles. The van der Waals surface area contributed by atoms with Crippen molar-refractivity contribution in [2.45, 2.75) is 78.9 Å². The minimum Gasteiger partial charge on any atom is -0.319 e. The fourth-order valence-electron chi connectivity index (χ4n) is 2.79. The minimum absolute atomic E-state index is 0.287. The van der Waals surface area contributed by atoms with Crippen molar-refractivity contribution in [1.29, 1.82) is 0 Å². The lowest BCUT2D eigenvalue weighted by atomic mass is 10.1. The van der Waals surface area contributed by atoms with Crippen LogP contribution in [-0.2, 0) is 16.6 Å². The molecule has 0 unspecified atom stereocenters. The van der Waals surface area contributed by atoms with E-state index in [1.54, 1.807) is 10.9 Å². The second-order valence-electron chi connectivity index (χ2n) is 9.06. The predicted molar refractivity (Wildman–Crippen MR) is 93.2 cm³/mol. The largest absolute Gasteiger partial charge is 0.333 e. The number of aromatic nitrogens is 4. The van der Waals surface area contributed by atoms with Gasteiger partial charge in [0.1, 0.15) is 0 Å². The molecule has 0 spiro atoms. The molecule has 0 fully saturated rings. The minimum atomic E-state index is -0.609. The summed E-state index contributed by atoms with van der Waals surface area (Å²) in [7, 11) is 0. The molecule has 6 heteroatoms. The molecule has 0 bridgehead atoms. The van der Waals surface area contributed by atoms with Crippen molar-refractivity contribution >= 4 is 11.2 Å². The van der Waals surface area contributed by atoms with Crippen LogP contribution in [0.4, 0.5) is 0 Å². The first-order valence-corrected chi connectivity index (χ1v) is 7.94. The highest BCUT2D eigenvalue weighted by molar-refractivity contribution is 5.71. The van der Waals surface area contributed by atoms with Gasteiger partial charge in [-0.05, 0) is 62.3 Å². The Labute approximate surface area is 136 Å². The van der Waals surface area contributed by atoms with Crippen LogP contribution >= 0.6 is 0 Å². The van der Waals surface area contributed by atoms with Gasteiger partial charge < -0.3 is 4.57 Å². The Bertz CT molecular complexity index is 862. The lowest BCUT2D eigenvalue weighted by molar-refractivity contribution is 0.318. The summed E-state index contributed by atoms with van der Waals surface area (Å²) in [6.07, 6.45) is 1.65. The Morgan fingerprint density at radius 1 is 0.783 bits per heavy atom. The third kappa shape index (κ3) is 2.75. The highest BCUT2D eigenvalue weighted by atomic mass is 16.2. The predicted octanol–water partition coefficient (Wildman–Crippen LogP) is 2.62. The van der Waals surface area contributed by atoms with Gasteiger partial charge in [0, 0.05) is 16.6 Å². The van der Waals surface area contributed by atoms with Crippen LogP contribution in [-0.4, -0.2) is 18.7 Å². The van der Waals surface area contributed by atoms with Crippen molar-refractivity contribution in [3.05, 3.63) is 27.2 Å². The van der Waals surface area contributed by atoms with E-state index in [4.69, 9.17) is 0 Å². The highest BCUT2D eigenvalue weighted by Gasteiger charge is 2.30. The SMILES string of the molecule is CC(C)(C)n1c(=O)c2c(ncn2C(C)(C)C)n(C(C)(C)C)c1=O. The molecule has 2 rings (SSSR count). The summed E-state index contributed by atoms with van der Waals surface area (Å²) in [5, 5.41) is 0. The fourth-order valence-corrected chi connectivity index (χ4v) is 2.79. The number of fused-ring (bicyclic) bond motifs is 1. The fraction of sp³-hybridized carbons (Fsp3) is 0.706. The lowest BCUT2D eigenvalue weighted by Crippen LogP contribution is -2.51. The molecule has 0 N–H and O–H groups in total. The van der Waals surface area contributed by atoms with E-state index in [9.17, 15) is 9.59 Å². The Morgan fingerprint density at radius 2 is 1.26 bits per heavy atom. The quantitative estimate of drug-likeness (QED) is 0.749. The molecule has 0 saturated carbocycles. The van der Waals surface area contributed by atoms with E-state index >= 15 is 0 Å². The second kappa shape index (κ2) is 4.82. The summed E-state index contributed by atoms with van der Waals surface area (Å²) in [6.45, 7) is 17.5. The van der Waals surface area contributed by atoms with Crippen LogP contribution in [0.2, 0.25) is 0 Å². The van der Waals surface area contributed by atoms with Crippen LogP contribution in [0.1, 0.15) is 62.3 Å². The van der Waals surface area contributed by atoms with Crippen LogP contribution in [0.3, 0.4) is 0 Å². The smallest absolute Gasteiger partial charge is 0.319 e. The van der Waals surface area contributed by atoms with Crippen LogP contribution < -0.4 is 11.2 Å². The Morgan fingerprint density at radius 3 is 1.65 bits per heavy atom. The monoisotopic (exact) mass is 320 g/mol. The third-order valence-electron chi connectivity index (χ3n) is 3.81. The van der Waals surface area contributed by atoms with Crippen LogP contribution in [0.5, 0.6) is 0 Å². The van der Waals surface area contributed by atoms with Gasteiger partial charge in [0.25, 0.3) is 5.56 Å². The summed E-state index contributed by atoms with van der Waals surface area (Å²) in [6, 6.07) is 0. The molecule has 2 aromatic rings. The number of nitrogens with zero attached hydrogens (tertiary/aromatic N) is 4. The van der Waals surface area contributed by atoms with Gasteiger partial charge in [-0.15, -0.1) is 0 Å². The molecule has 128 valence electrons. The summed E-state index contributed by atoms with van der Waals surface area (Å²) >= 11 is 0. The van der Waals surface area contributed by atoms with Crippen molar-refractivity contribution in [2.24, 2.45) is 0 Å². The summed E-state index contributed by atoms with van der Waals surface area (Å²) in [4.78, 5) is 30.5.